The summed E-state index contributed by atoms with van der Waals surface area (Å²) in [6.45, 7) is 3.04. The van der Waals surface area contributed by atoms with Gasteiger partial charge in [-0.1, -0.05) is 31.4 Å². The molecule has 0 atom stereocenters. The van der Waals surface area contributed by atoms with Gasteiger partial charge < -0.3 is 9.64 Å². The second kappa shape index (κ2) is 11.0. The van der Waals surface area contributed by atoms with Gasteiger partial charge in [-0.15, -0.1) is 0 Å². The third-order valence-corrected chi connectivity index (χ3v) is 7.48. The van der Waals surface area contributed by atoms with Crippen LogP contribution >= 0.6 is 0 Å². The van der Waals surface area contributed by atoms with Gasteiger partial charge in [0.05, 0.1) is 24.8 Å². The number of nitrogens with one attached hydrogen (secondary N) is 1. The number of amidine groups is 1. The monoisotopic (exact) mass is 465 g/mol. The third-order valence-electron chi connectivity index (χ3n) is 7.48. The van der Waals surface area contributed by atoms with Crippen molar-refractivity contribution in [1.82, 2.24) is 15.1 Å². The van der Waals surface area contributed by atoms with Crippen LogP contribution in [0.1, 0.15) is 68.9 Å². The Morgan fingerprint density at radius 1 is 1.21 bits per heavy atom. The molecule has 1 saturated carbocycles. The molecule has 34 heavy (non-hydrogen) atoms. The summed E-state index contributed by atoms with van der Waals surface area (Å²) in [5.74, 6) is 0.586. The van der Waals surface area contributed by atoms with E-state index in [1.54, 1.807) is 0 Å². The Bertz CT molecular complexity index is 938. The molecule has 1 spiro atoms. The molecule has 182 valence electrons. The fourth-order valence-corrected chi connectivity index (χ4v) is 5.48. The Labute approximate surface area is 202 Å². The first-order valence-electron chi connectivity index (χ1n) is 12.5. The highest BCUT2D eigenvalue weighted by Crippen LogP contribution is 2.36. The standard InChI is InChI=1S/C26H35N5O3/c1-34-23(32)8-5-15-31-25(33)29-24(28-22-6-3-2-4-7-22)26(31)13-16-30(17-14-26)19-21-11-9-20(18-27)10-12-21/h9-12,22H,2-8,13-17,19H2,1H3,(H,28,29,33). The molecule has 2 amide bonds. The highest BCUT2D eigenvalue weighted by atomic mass is 16.5. The smallest absolute Gasteiger partial charge is 0.323 e. The molecule has 0 bridgehead atoms. The van der Waals surface area contributed by atoms with E-state index in [2.05, 4.69) is 16.3 Å². The molecule has 2 saturated heterocycles. The van der Waals surface area contributed by atoms with E-state index in [4.69, 9.17) is 15.0 Å². The van der Waals surface area contributed by atoms with Crippen LogP contribution in [0.25, 0.3) is 0 Å². The second-order valence-electron chi connectivity index (χ2n) is 9.65. The van der Waals surface area contributed by atoms with Crippen molar-refractivity contribution in [2.75, 3.05) is 26.7 Å². The first kappa shape index (κ1) is 24.2. The van der Waals surface area contributed by atoms with Gasteiger partial charge in [-0.25, -0.2) is 4.79 Å². The number of ether oxygens (including phenoxy) is 1. The molecule has 4 rings (SSSR count). The summed E-state index contributed by atoms with van der Waals surface area (Å²) in [7, 11) is 1.39. The number of rotatable bonds is 7. The van der Waals surface area contributed by atoms with Gasteiger partial charge in [0.15, 0.2) is 0 Å². The highest BCUT2D eigenvalue weighted by Gasteiger charge is 2.52. The molecular weight excluding hydrogens is 430 g/mol. The molecule has 2 heterocycles. The Kier molecular flexibility index (Phi) is 7.84. The van der Waals surface area contributed by atoms with Crippen LogP contribution in [0.5, 0.6) is 0 Å². The number of hydrogen-bond acceptors (Lipinski definition) is 6. The Hall–Kier alpha value is -2.92. The van der Waals surface area contributed by atoms with Gasteiger partial charge in [-0.05, 0) is 49.8 Å². The predicted octanol–water partition coefficient (Wildman–Crippen LogP) is 3.60. The number of carbonyl (C=O) groups is 2. The topological polar surface area (TPSA) is 98.0 Å². The molecule has 8 nitrogen and oxygen atoms in total. The minimum atomic E-state index is -0.425. The second-order valence-corrected chi connectivity index (χ2v) is 9.65. The van der Waals surface area contributed by atoms with Crippen molar-refractivity contribution >= 4 is 17.8 Å². The lowest BCUT2D eigenvalue weighted by Crippen LogP contribution is -2.56. The number of amides is 2. The number of nitrogens with zero attached hydrogens (tertiary/aromatic N) is 4. The maximum atomic E-state index is 13.1. The average molecular weight is 466 g/mol. The largest absolute Gasteiger partial charge is 0.469 e. The normalized spacial score (nSPS) is 22.1. The number of nitriles is 1. The lowest BCUT2D eigenvalue weighted by atomic mass is 9.84. The third kappa shape index (κ3) is 5.41. The maximum Gasteiger partial charge on any atom is 0.323 e. The van der Waals surface area contributed by atoms with Crippen LogP contribution in [0.2, 0.25) is 0 Å². The SMILES string of the molecule is COC(=O)CCCN1C(=O)NC(=NC2CCCCC2)C12CCN(Cc1ccc(C#N)cc1)CC2. The van der Waals surface area contributed by atoms with E-state index in [-0.39, 0.29) is 18.0 Å². The van der Waals surface area contributed by atoms with Crippen LogP contribution in [0.3, 0.4) is 0 Å². The Morgan fingerprint density at radius 2 is 1.91 bits per heavy atom. The first-order valence-corrected chi connectivity index (χ1v) is 12.5. The van der Waals surface area contributed by atoms with E-state index in [0.717, 1.165) is 51.2 Å². The van der Waals surface area contributed by atoms with Crippen LogP contribution < -0.4 is 5.32 Å². The van der Waals surface area contributed by atoms with Crippen molar-refractivity contribution < 1.29 is 14.3 Å². The predicted molar refractivity (Wildman–Crippen MR) is 129 cm³/mol. The number of methoxy groups -OCH3 is 1. The number of benzene rings is 1. The van der Waals surface area contributed by atoms with E-state index in [1.165, 1.54) is 31.9 Å². The van der Waals surface area contributed by atoms with Crippen LogP contribution in [-0.4, -0.2) is 66.0 Å². The minimum absolute atomic E-state index is 0.0973. The summed E-state index contributed by atoms with van der Waals surface area (Å²) in [6, 6.07) is 10.1. The van der Waals surface area contributed by atoms with Crippen LogP contribution in [0.4, 0.5) is 4.79 Å². The van der Waals surface area contributed by atoms with E-state index in [1.807, 2.05) is 29.2 Å². The molecule has 1 N–H and O–H groups in total. The van der Waals surface area contributed by atoms with Crippen LogP contribution in [0, 0.1) is 11.3 Å². The molecule has 1 aliphatic carbocycles. The van der Waals surface area contributed by atoms with Crippen LogP contribution in [0.15, 0.2) is 29.3 Å². The van der Waals surface area contributed by atoms with Gasteiger partial charge in [0.2, 0.25) is 0 Å². The first-order chi connectivity index (χ1) is 16.5. The molecule has 2 aliphatic heterocycles. The summed E-state index contributed by atoms with van der Waals surface area (Å²) in [5.41, 5.74) is 1.43. The fourth-order valence-electron chi connectivity index (χ4n) is 5.48. The van der Waals surface area contributed by atoms with E-state index in [9.17, 15) is 9.59 Å². The van der Waals surface area contributed by atoms with E-state index in [0.29, 0.717) is 24.9 Å². The van der Waals surface area contributed by atoms with Crippen LogP contribution in [-0.2, 0) is 16.1 Å². The summed E-state index contributed by atoms with van der Waals surface area (Å²) in [6.07, 6.45) is 8.34. The van der Waals surface area contributed by atoms with Gasteiger partial charge in [0, 0.05) is 32.6 Å². The Morgan fingerprint density at radius 3 is 2.56 bits per heavy atom. The lowest BCUT2D eigenvalue weighted by Gasteiger charge is -2.44. The molecule has 1 aromatic rings. The molecular formula is C26H35N5O3. The number of urea groups is 1. The average Bonchev–Trinajstić information content (AvgIpc) is 3.11. The number of hydrogen-bond donors (Lipinski definition) is 1. The minimum Gasteiger partial charge on any atom is -0.469 e. The van der Waals surface area contributed by atoms with Crippen molar-refractivity contribution in [1.29, 1.82) is 5.26 Å². The van der Waals surface area contributed by atoms with Gasteiger partial charge >= 0.3 is 12.0 Å². The molecule has 3 aliphatic rings. The van der Waals surface area contributed by atoms with E-state index < -0.39 is 5.54 Å². The molecule has 0 radical (unpaired) electrons. The number of piperidine rings is 1. The number of carbonyl (C=O) groups excluding carboxylic acids is 2. The summed E-state index contributed by atoms with van der Waals surface area (Å²) in [4.78, 5) is 34.1. The van der Waals surface area contributed by atoms with Crippen molar-refractivity contribution in [3.8, 4) is 6.07 Å². The van der Waals surface area contributed by atoms with Gasteiger partial charge in [0.1, 0.15) is 11.4 Å². The van der Waals surface area contributed by atoms with Crippen molar-refractivity contribution in [2.24, 2.45) is 4.99 Å². The molecule has 0 aromatic heterocycles. The van der Waals surface area contributed by atoms with Gasteiger partial charge in [-0.2, -0.15) is 5.26 Å². The zero-order chi connectivity index (χ0) is 24.0. The van der Waals surface area contributed by atoms with Gasteiger partial charge in [-0.3, -0.25) is 20.0 Å². The summed E-state index contributed by atoms with van der Waals surface area (Å²) in [5, 5.41) is 12.1. The molecule has 8 heteroatoms. The summed E-state index contributed by atoms with van der Waals surface area (Å²) < 4.78 is 4.78. The van der Waals surface area contributed by atoms with Crippen molar-refractivity contribution in [2.45, 2.75) is 75.9 Å². The van der Waals surface area contributed by atoms with Crippen molar-refractivity contribution in [3.05, 3.63) is 35.4 Å². The summed E-state index contributed by atoms with van der Waals surface area (Å²) >= 11 is 0. The fraction of sp³-hybridized carbons (Fsp3) is 0.615. The highest BCUT2D eigenvalue weighted by molar-refractivity contribution is 6.10. The zero-order valence-corrected chi connectivity index (χ0v) is 20.1. The Balaban J connectivity index is 1.48. The number of likely N-dealkylation sites (tertiary alicyclic amines) is 1. The molecule has 3 fully saturated rings. The zero-order valence-electron chi connectivity index (χ0n) is 20.1. The number of esters is 1. The maximum absolute atomic E-state index is 13.1. The quantitative estimate of drug-likeness (QED) is 0.621. The van der Waals surface area contributed by atoms with Gasteiger partial charge in [0.25, 0.3) is 0 Å². The lowest BCUT2D eigenvalue weighted by molar-refractivity contribution is -0.140. The van der Waals surface area contributed by atoms with Crippen molar-refractivity contribution in [3.63, 3.8) is 0 Å². The molecule has 0 unspecified atom stereocenters. The number of aliphatic imine (C=N–C) groups is 1. The van der Waals surface area contributed by atoms with E-state index >= 15 is 0 Å². The molecule has 1 aromatic carbocycles.